The number of hydrogen-bond donors (Lipinski definition) is 0. The Bertz CT molecular complexity index is 2100. The Morgan fingerprint density at radius 1 is 0.383 bits per heavy atom. The number of ether oxygens (including phenoxy) is 4. The van der Waals surface area contributed by atoms with Gasteiger partial charge in [0.2, 0.25) is 0 Å². The molecule has 0 aliphatic heterocycles. The van der Waals surface area contributed by atoms with Gasteiger partial charge in [-0.05, 0) is 100 Å². The van der Waals surface area contributed by atoms with E-state index in [2.05, 4.69) is 0 Å². The monoisotopic (exact) mass is 894 g/mol. The van der Waals surface area contributed by atoms with E-state index in [0.717, 1.165) is 0 Å². The molecule has 2 aromatic carbocycles. The molecule has 6 rings (SSSR count). The maximum absolute atomic E-state index is 12.8. The number of nitrogens with zero attached hydrogens (tertiary/aromatic N) is 4. The van der Waals surface area contributed by atoms with Crippen molar-refractivity contribution in [3.63, 3.8) is 0 Å². The molecule has 4 heterocycles. The summed E-state index contributed by atoms with van der Waals surface area (Å²) in [7, 11) is -1.72. The number of rotatable bonds is 21. The van der Waals surface area contributed by atoms with Crippen LogP contribution in [-0.4, -0.2) is 67.7 Å². The molecule has 0 amide bonds. The van der Waals surface area contributed by atoms with E-state index in [1.54, 1.807) is 155 Å². The molecule has 0 bridgehead atoms. The fraction of sp³-hybridized carbons (Fsp3) is 0.200. The summed E-state index contributed by atoms with van der Waals surface area (Å²) in [6.07, 6.45) is 6.83. The summed E-state index contributed by atoms with van der Waals surface area (Å²) in [4.78, 5) is 51.1. The average Bonchev–Trinajstić information content (AvgIpc) is 4.09. The van der Waals surface area contributed by atoms with Gasteiger partial charge < -0.3 is 37.0 Å². The number of aromatic nitrogens is 4. The van der Waals surface area contributed by atoms with Crippen LogP contribution in [0, 0.1) is 0 Å². The van der Waals surface area contributed by atoms with Crippen molar-refractivity contribution < 1.29 is 56.2 Å². The lowest BCUT2D eigenvalue weighted by atomic mass is 10.0. The van der Waals surface area contributed by atoms with Crippen molar-refractivity contribution in [2.24, 2.45) is 0 Å². The molecule has 0 saturated carbocycles. The summed E-state index contributed by atoms with van der Waals surface area (Å²) in [5.74, 6) is -0.710. The predicted octanol–water partition coefficient (Wildman–Crippen LogP) is 9.01. The molecule has 314 valence electrons. The van der Waals surface area contributed by atoms with Gasteiger partial charge in [0.15, 0.2) is 35.8 Å². The van der Waals surface area contributed by atoms with Gasteiger partial charge in [-0.1, -0.05) is 12.1 Å². The van der Waals surface area contributed by atoms with Crippen LogP contribution in [0.4, 0.5) is 0 Å². The second-order valence-corrected chi connectivity index (χ2v) is 15.4. The number of carbonyl (C=O) groups excluding carboxylic acids is 4. The Labute approximate surface area is 353 Å². The van der Waals surface area contributed by atoms with Crippen LogP contribution in [0.15, 0.2) is 110 Å². The lowest BCUT2D eigenvalue weighted by Crippen LogP contribution is -2.09. The molecule has 60 heavy (non-hydrogen) atoms. The molecule has 0 aliphatic carbocycles. The van der Waals surface area contributed by atoms with Crippen LogP contribution in [0.2, 0.25) is 0 Å². The van der Waals surface area contributed by atoms with Crippen molar-refractivity contribution in [3.8, 4) is 34.1 Å². The zero-order valence-corrected chi connectivity index (χ0v) is 36.9. The molecule has 6 aromatic rings. The molecular weight excluding hydrogens is 852 g/mol. The Kier molecular flexibility index (Phi) is 15.8. The first-order valence-electron chi connectivity index (χ1n) is 18.6. The van der Waals surface area contributed by atoms with E-state index in [9.17, 15) is 19.2 Å². The summed E-state index contributed by atoms with van der Waals surface area (Å²) in [6.45, 7) is 7.73. The second-order valence-electron chi connectivity index (χ2n) is 12.0. The van der Waals surface area contributed by atoms with Crippen LogP contribution in [-0.2, 0) is 18.9 Å². The van der Waals surface area contributed by atoms with Crippen LogP contribution >= 0.6 is 35.8 Å². The highest BCUT2D eigenvalue weighted by molar-refractivity contribution is 7.31. The van der Waals surface area contributed by atoms with Crippen LogP contribution in [0.1, 0.15) is 69.6 Å². The molecule has 0 fully saturated rings. The number of benzene rings is 2. The minimum Gasteiger partial charge on any atom is -0.461 e. The van der Waals surface area contributed by atoms with Crippen LogP contribution in [0.25, 0.3) is 11.1 Å². The van der Waals surface area contributed by atoms with Crippen LogP contribution in [0.5, 0.6) is 23.0 Å². The lowest BCUT2D eigenvalue weighted by Gasteiger charge is -2.22. The molecule has 0 N–H and O–H groups in total. The lowest BCUT2D eigenvalue weighted by molar-refractivity contribution is 0.0509. The zero-order valence-electron chi connectivity index (χ0n) is 32.9. The number of carbonyl (C=O) groups is 4. The molecule has 0 radical (unpaired) electrons. The molecule has 16 nitrogen and oxygen atoms in total. The van der Waals surface area contributed by atoms with Crippen LogP contribution < -0.4 is 18.1 Å². The standard InChI is InChI=1S/C40H42N4O12P4/c1-5-49-37(45)27-15-11-23-41(27)57-53-31-19-9-20-32(54-58-42-24-12-16-28(42)38(46)50-6-2)35(31)36-33(55-59-43-25-13-17-29(43)39(47)51-7-3)21-10-22-34(36)56-60-44-26-14-18-30(44)40(48)52-8-4/h9-26,57-60H,5-8H2,1-4H3. The molecule has 0 spiro atoms. The Morgan fingerprint density at radius 2 is 0.617 bits per heavy atom. The van der Waals surface area contributed by atoms with Crippen molar-refractivity contribution in [1.82, 2.24) is 17.4 Å². The maximum atomic E-state index is 12.8. The molecule has 4 aromatic heterocycles. The largest absolute Gasteiger partial charge is 0.461 e. The fourth-order valence-electron chi connectivity index (χ4n) is 5.58. The van der Waals surface area contributed by atoms with Crippen molar-refractivity contribution in [2.45, 2.75) is 27.7 Å². The third kappa shape index (κ3) is 10.6. The molecule has 20 heteroatoms. The fourth-order valence-corrected chi connectivity index (χ4v) is 8.69. The zero-order chi connectivity index (χ0) is 42.4. The first kappa shape index (κ1) is 43.9. The quantitative estimate of drug-likeness (QED) is 0.0384. The summed E-state index contributed by atoms with van der Waals surface area (Å²) in [6, 6.07) is 23.9. The summed E-state index contributed by atoms with van der Waals surface area (Å²) in [5, 5.41) is 0. The first-order chi connectivity index (χ1) is 29.3. The summed E-state index contributed by atoms with van der Waals surface area (Å²) < 4.78 is 53.7. The number of hydrogen-bond acceptors (Lipinski definition) is 12. The van der Waals surface area contributed by atoms with Gasteiger partial charge in [0.25, 0.3) is 0 Å². The van der Waals surface area contributed by atoms with Gasteiger partial charge in [0.05, 0.1) is 37.6 Å². The third-order valence-electron chi connectivity index (χ3n) is 8.18. The van der Waals surface area contributed by atoms with Crippen molar-refractivity contribution in [1.29, 1.82) is 0 Å². The molecule has 0 saturated heterocycles. The summed E-state index contributed by atoms with van der Waals surface area (Å²) >= 11 is 0. The SMILES string of the molecule is CCOC(=O)c1cccn1POc1cccc(OPn2cccc2C(=O)OCC)c1-c1c(OPn2cccc2C(=O)OCC)cccc1OPn1cccc1C(=O)OCC. The van der Waals surface area contributed by atoms with Gasteiger partial charge in [-0.25, -0.2) is 19.2 Å². The van der Waals surface area contributed by atoms with E-state index >= 15 is 0 Å². The van der Waals surface area contributed by atoms with Gasteiger partial charge in [-0.2, -0.15) is 0 Å². The first-order valence-corrected chi connectivity index (χ1v) is 22.1. The topological polar surface area (TPSA) is 162 Å². The highest BCUT2D eigenvalue weighted by atomic mass is 31.1. The highest BCUT2D eigenvalue weighted by Crippen LogP contribution is 2.52. The van der Waals surface area contributed by atoms with E-state index in [1.165, 1.54) is 0 Å². The second kappa shape index (κ2) is 21.6. The normalized spacial score (nSPS) is 11.6. The van der Waals surface area contributed by atoms with Gasteiger partial charge >= 0.3 is 23.9 Å². The molecular formula is C40H42N4O12P4. The Balaban J connectivity index is 1.45. The van der Waals surface area contributed by atoms with E-state index in [4.69, 9.17) is 37.0 Å². The highest BCUT2D eigenvalue weighted by Gasteiger charge is 2.26. The molecule has 4 unspecified atom stereocenters. The Morgan fingerprint density at radius 3 is 0.833 bits per heavy atom. The molecule has 0 aliphatic rings. The van der Waals surface area contributed by atoms with Crippen LogP contribution in [0.3, 0.4) is 0 Å². The van der Waals surface area contributed by atoms with Gasteiger partial charge in [-0.3, -0.25) is 17.4 Å². The van der Waals surface area contributed by atoms with Gasteiger partial charge in [0, 0.05) is 24.8 Å². The van der Waals surface area contributed by atoms with Gasteiger partial charge in [-0.15, -0.1) is 0 Å². The van der Waals surface area contributed by atoms with E-state index in [0.29, 0.717) is 56.9 Å². The van der Waals surface area contributed by atoms with Crippen molar-refractivity contribution in [2.75, 3.05) is 26.4 Å². The van der Waals surface area contributed by atoms with E-state index in [1.807, 2.05) is 0 Å². The van der Waals surface area contributed by atoms with Crippen molar-refractivity contribution >= 4 is 59.7 Å². The predicted molar refractivity (Wildman–Crippen MR) is 231 cm³/mol. The van der Waals surface area contributed by atoms with Gasteiger partial charge in [0.1, 0.15) is 45.8 Å². The maximum Gasteiger partial charge on any atom is 0.355 e. The van der Waals surface area contributed by atoms with E-state index < -0.39 is 59.7 Å². The van der Waals surface area contributed by atoms with Crippen molar-refractivity contribution in [3.05, 3.63) is 132 Å². The third-order valence-corrected chi connectivity index (χ3v) is 11.8. The minimum absolute atomic E-state index is 0.201. The Hall–Kier alpha value is -5.64. The summed E-state index contributed by atoms with van der Waals surface area (Å²) in [5.41, 5.74) is 2.01. The molecule has 4 atom stereocenters. The smallest absolute Gasteiger partial charge is 0.355 e. The minimum atomic E-state index is -0.503. The number of esters is 4. The average molecular weight is 895 g/mol. The van der Waals surface area contributed by atoms with E-state index in [-0.39, 0.29) is 26.4 Å².